The third kappa shape index (κ3) is 3.80. The van der Waals surface area contributed by atoms with Gasteiger partial charge in [0, 0.05) is 18.8 Å². The zero-order valence-electron chi connectivity index (χ0n) is 9.62. The molecule has 0 spiro atoms. The van der Waals surface area contributed by atoms with Crippen LogP contribution >= 0.6 is 0 Å². The fourth-order valence-electron chi connectivity index (χ4n) is 2.15. The lowest BCUT2D eigenvalue weighted by molar-refractivity contribution is 0.223. The zero-order valence-corrected chi connectivity index (χ0v) is 10.4. The van der Waals surface area contributed by atoms with Gasteiger partial charge in [0.1, 0.15) is 0 Å². The quantitative estimate of drug-likeness (QED) is 0.837. The SMILES string of the molecule is O=S(O)OCC1CCN(c2ccccc2)CC1. The first-order valence-corrected chi connectivity index (χ1v) is 6.83. The van der Waals surface area contributed by atoms with Gasteiger partial charge in [0.05, 0.1) is 6.61 Å². The first kappa shape index (κ1) is 12.5. The van der Waals surface area contributed by atoms with Gasteiger partial charge in [-0.05, 0) is 30.9 Å². The van der Waals surface area contributed by atoms with Crippen molar-refractivity contribution in [3.05, 3.63) is 30.3 Å². The molecular formula is C12H17NO3S. The lowest BCUT2D eigenvalue weighted by Crippen LogP contribution is -2.35. The van der Waals surface area contributed by atoms with Gasteiger partial charge >= 0.3 is 11.4 Å². The Kier molecular flexibility index (Phi) is 4.53. The molecular weight excluding hydrogens is 238 g/mol. The van der Waals surface area contributed by atoms with Crippen molar-refractivity contribution in [2.24, 2.45) is 5.92 Å². The van der Waals surface area contributed by atoms with Crippen molar-refractivity contribution >= 4 is 17.0 Å². The number of anilines is 1. The molecule has 94 valence electrons. The topological polar surface area (TPSA) is 49.8 Å². The fourth-order valence-corrected chi connectivity index (χ4v) is 2.46. The Bertz CT molecular complexity index is 363. The van der Waals surface area contributed by atoms with Crippen LogP contribution in [0, 0.1) is 5.92 Å². The van der Waals surface area contributed by atoms with E-state index in [4.69, 9.17) is 8.74 Å². The van der Waals surface area contributed by atoms with E-state index in [2.05, 4.69) is 17.0 Å². The van der Waals surface area contributed by atoms with E-state index in [-0.39, 0.29) is 0 Å². The Labute approximate surface area is 104 Å². The number of para-hydroxylation sites is 1. The second-order valence-corrected chi connectivity index (χ2v) is 4.94. The Hall–Kier alpha value is -0.910. The van der Waals surface area contributed by atoms with E-state index in [1.807, 2.05) is 18.2 Å². The highest BCUT2D eigenvalue weighted by Crippen LogP contribution is 2.23. The average Bonchev–Trinajstić information content (AvgIpc) is 2.38. The van der Waals surface area contributed by atoms with E-state index in [1.54, 1.807) is 0 Å². The molecule has 0 aliphatic carbocycles. The van der Waals surface area contributed by atoms with Crippen LogP contribution in [-0.2, 0) is 15.5 Å². The van der Waals surface area contributed by atoms with Crippen molar-refractivity contribution in [3.63, 3.8) is 0 Å². The van der Waals surface area contributed by atoms with Crippen LogP contribution in [0.4, 0.5) is 5.69 Å². The summed E-state index contributed by atoms with van der Waals surface area (Å²) in [5.41, 5.74) is 1.25. The molecule has 0 bridgehead atoms. The van der Waals surface area contributed by atoms with Crippen LogP contribution < -0.4 is 4.90 Å². The van der Waals surface area contributed by atoms with Gasteiger partial charge in [0.15, 0.2) is 0 Å². The summed E-state index contributed by atoms with van der Waals surface area (Å²) in [5, 5.41) is 0. The molecule has 1 atom stereocenters. The van der Waals surface area contributed by atoms with Crippen LogP contribution in [-0.4, -0.2) is 28.5 Å². The van der Waals surface area contributed by atoms with Gasteiger partial charge in [0.25, 0.3) is 0 Å². The third-order valence-electron chi connectivity index (χ3n) is 3.14. The molecule has 0 saturated carbocycles. The van der Waals surface area contributed by atoms with Crippen LogP contribution in [0.5, 0.6) is 0 Å². The molecule has 1 saturated heterocycles. The molecule has 2 rings (SSSR count). The molecule has 0 radical (unpaired) electrons. The highest BCUT2D eigenvalue weighted by Gasteiger charge is 2.20. The Morgan fingerprint density at radius 3 is 2.53 bits per heavy atom. The van der Waals surface area contributed by atoms with Crippen molar-refractivity contribution in [3.8, 4) is 0 Å². The molecule has 0 amide bonds. The molecule has 1 heterocycles. The summed E-state index contributed by atoms with van der Waals surface area (Å²) in [5.74, 6) is 0.395. The maximum Gasteiger partial charge on any atom is 0.301 e. The molecule has 4 nitrogen and oxygen atoms in total. The third-order valence-corrected chi connectivity index (χ3v) is 3.48. The van der Waals surface area contributed by atoms with Gasteiger partial charge in [-0.25, -0.2) is 0 Å². The van der Waals surface area contributed by atoms with Crippen molar-refractivity contribution in [1.82, 2.24) is 0 Å². The minimum Gasteiger partial charge on any atom is -0.372 e. The summed E-state index contributed by atoms with van der Waals surface area (Å²) in [7, 11) is 0. The van der Waals surface area contributed by atoms with Gasteiger partial charge in [0.2, 0.25) is 0 Å². The molecule has 17 heavy (non-hydrogen) atoms. The average molecular weight is 255 g/mol. The van der Waals surface area contributed by atoms with E-state index >= 15 is 0 Å². The van der Waals surface area contributed by atoms with Gasteiger partial charge in [-0.15, -0.1) is 0 Å². The predicted octanol–water partition coefficient (Wildman–Crippen LogP) is 2.06. The number of hydrogen-bond donors (Lipinski definition) is 1. The smallest absolute Gasteiger partial charge is 0.301 e. The van der Waals surface area contributed by atoms with Crippen LogP contribution in [0.15, 0.2) is 30.3 Å². The first-order valence-electron chi connectivity index (χ1n) is 5.80. The normalized spacial score (nSPS) is 19.2. The van der Waals surface area contributed by atoms with E-state index in [0.717, 1.165) is 25.9 Å². The summed E-state index contributed by atoms with van der Waals surface area (Å²) < 4.78 is 23.7. The summed E-state index contributed by atoms with van der Waals surface area (Å²) in [6.45, 7) is 2.35. The highest BCUT2D eigenvalue weighted by atomic mass is 32.2. The van der Waals surface area contributed by atoms with E-state index in [0.29, 0.717) is 12.5 Å². The van der Waals surface area contributed by atoms with Crippen LogP contribution in [0.1, 0.15) is 12.8 Å². The second kappa shape index (κ2) is 6.14. The van der Waals surface area contributed by atoms with Crippen molar-refractivity contribution in [1.29, 1.82) is 0 Å². The summed E-state index contributed by atoms with van der Waals surface area (Å²) in [6, 6.07) is 10.3. The Morgan fingerprint density at radius 1 is 1.29 bits per heavy atom. The van der Waals surface area contributed by atoms with Crippen LogP contribution in [0.3, 0.4) is 0 Å². The minimum atomic E-state index is -2.13. The molecule has 1 aliphatic rings. The number of benzene rings is 1. The molecule has 1 aromatic rings. The highest BCUT2D eigenvalue weighted by molar-refractivity contribution is 7.74. The lowest BCUT2D eigenvalue weighted by atomic mass is 9.97. The van der Waals surface area contributed by atoms with Gasteiger partial charge in [-0.1, -0.05) is 18.2 Å². The van der Waals surface area contributed by atoms with Crippen molar-refractivity contribution < 1.29 is 12.9 Å². The predicted molar refractivity (Wildman–Crippen MR) is 68.1 cm³/mol. The summed E-state index contributed by atoms with van der Waals surface area (Å²) in [6.07, 6.45) is 2.01. The maximum absolute atomic E-state index is 10.4. The number of hydrogen-bond acceptors (Lipinski definition) is 3. The Morgan fingerprint density at radius 2 is 1.94 bits per heavy atom. The molecule has 1 aromatic carbocycles. The molecule has 1 N–H and O–H groups in total. The maximum atomic E-state index is 10.4. The molecule has 1 fully saturated rings. The van der Waals surface area contributed by atoms with Crippen molar-refractivity contribution in [2.45, 2.75) is 12.8 Å². The van der Waals surface area contributed by atoms with Gasteiger partial charge < -0.3 is 4.90 Å². The second-order valence-electron chi connectivity index (χ2n) is 4.27. The van der Waals surface area contributed by atoms with E-state index in [1.165, 1.54) is 5.69 Å². The first-order chi connectivity index (χ1) is 8.25. The summed E-state index contributed by atoms with van der Waals surface area (Å²) in [4.78, 5) is 2.34. The number of rotatable bonds is 4. The number of nitrogens with zero attached hydrogens (tertiary/aromatic N) is 1. The zero-order chi connectivity index (χ0) is 12.1. The molecule has 1 aliphatic heterocycles. The summed E-state index contributed by atoms with van der Waals surface area (Å²) >= 11 is -2.13. The minimum absolute atomic E-state index is 0.381. The van der Waals surface area contributed by atoms with Crippen molar-refractivity contribution in [2.75, 3.05) is 24.6 Å². The van der Waals surface area contributed by atoms with Crippen LogP contribution in [0.25, 0.3) is 0 Å². The van der Waals surface area contributed by atoms with Gasteiger partial charge in [-0.2, -0.15) is 4.21 Å². The van der Waals surface area contributed by atoms with Crippen LogP contribution in [0.2, 0.25) is 0 Å². The fraction of sp³-hybridized carbons (Fsp3) is 0.500. The van der Waals surface area contributed by atoms with E-state index in [9.17, 15) is 4.21 Å². The molecule has 0 aromatic heterocycles. The number of piperidine rings is 1. The monoisotopic (exact) mass is 255 g/mol. The standard InChI is InChI=1S/C12H17NO3S/c14-17(15)16-10-11-6-8-13(9-7-11)12-4-2-1-3-5-12/h1-5,11H,6-10H2,(H,14,15). The molecule has 1 unspecified atom stereocenters. The van der Waals surface area contributed by atoms with E-state index < -0.39 is 11.4 Å². The van der Waals surface area contributed by atoms with Gasteiger partial charge in [-0.3, -0.25) is 8.74 Å². The lowest BCUT2D eigenvalue weighted by Gasteiger charge is -2.33. The Balaban J connectivity index is 1.80. The molecule has 5 heteroatoms. The largest absolute Gasteiger partial charge is 0.372 e.